The molecule has 1 aromatic rings. The summed E-state index contributed by atoms with van der Waals surface area (Å²) in [6.07, 6.45) is -4.45. The van der Waals surface area contributed by atoms with E-state index in [-0.39, 0.29) is 6.42 Å². The molecule has 0 saturated heterocycles. The zero-order chi connectivity index (χ0) is 16.0. The topological polar surface area (TPSA) is 78.9 Å². The Labute approximate surface area is 119 Å². The summed E-state index contributed by atoms with van der Waals surface area (Å²) in [4.78, 5) is 12.6. The van der Waals surface area contributed by atoms with Gasteiger partial charge in [0.05, 0.1) is 0 Å². The van der Waals surface area contributed by atoms with E-state index >= 15 is 0 Å². The van der Waals surface area contributed by atoms with Gasteiger partial charge in [0.25, 0.3) is 0 Å². The van der Waals surface area contributed by atoms with Crippen molar-refractivity contribution in [1.82, 2.24) is 4.90 Å². The van der Waals surface area contributed by atoms with Gasteiger partial charge in [0.2, 0.25) is 5.91 Å². The summed E-state index contributed by atoms with van der Waals surface area (Å²) in [6.45, 7) is -1.39. The number of amidine groups is 1. The Bertz CT molecular complexity index is 503. The average Bonchev–Trinajstić information content (AvgIpc) is 2.42. The molecule has 0 radical (unpaired) electrons. The minimum absolute atomic E-state index is 0.0533. The van der Waals surface area contributed by atoms with Crippen LogP contribution < -0.4 is 5.73 Å². The first kappa shape index (κ1) is 16.8. The van der Waals surface area contributed by atoms with Crippen molar-refractivity contribution in [1.29, 1.82) is 0 Å². The van der Waals surface area contributed by atoms with Gasteiger partial charge in [-0.05, 0) is 12.0 Å². The van der Waals surface area contributed by atoms with Crippen molar-refractivity contribution in [3.8, 4) is 0 Å². The molecular formula is C13H16F3N3O2. The summed E-state index contributed by atoms with van der Waals surface area (Å²) in [7, 11) is 1.03. The molecule has 1 aromatic carbocycles. The largest absolute Gasteiger partial charge is 0.409 e. The Hall–Kier alpha value is -2.25. The van der Waals surface area contributed by atoms with E-state index in [0.29, 0.717) is 10.5 Å². The standard InChI is InChI=1S/C13H16F3N3O2/c1-19(8-13(14,15)16)12(20)10(11(17)18-21)7-9-5-3-2-4-6-9/h2-6,10,21H,7-8H2,1H3,(H2,17,18). The molecule has 0 aliphatic heterocycles. The minimum Gasteiger partial charge on any atom is -0.409 e. The molecule has 1 amide bonds. The molecule has 0 aliphatic carbocycles. The fourth-order valence-corrected chi connectivity index (χ4v) is 1.85. The van der Waals surface area contributed by atoms with Crippen molar-refractivity contribution in [3.05, 3.63) is 35.9 Å². The van der Waals surface area contributed by atoms with E-state index in [0.717, 1.165) is 7.05 Å². The molecule has 1 atom stereocenters. The fraction of sp³-hybridized carbons (Fsp3) is 0.385. The Kier molecular flexibility index (Phi) is 5.57. The third-order valence-corrected chi connectivity index (χ3v) is 2.85. The van der Waals surface area contributed by atoms with Crippen LogP contribution in [0.2, 0.25) is 0 Å². The molecule has 0 aromatic heterocycles. The van der Waals surface area contributed by atoms with Gasteiger partial charge in [-0.1, -0.05) is 35.5 Å². The number of alkyl halides is 3. The molecule has 21 heavy (non-hydrogen) atoms. The second-order valence-electron chi connectivity index (χ2n) is 4.58. The lowest BCUT2D eigenvalue weighted by Crippen LogP contribution is -2.44. The van der Waals surface area contributed by atoms with Gasteiger partial charge in [0.15, 0.2) is 5.84 Å². The number of hydrogen-bond acceptors (Lipinski definition) is 3. The molecular weight excluding hydrogens is 287 g/mol. The number of oxime groups is 1. The van der Waals surface area contributed by atoms with Crippen molar-refractivity contribution in [2.45, 2.75) is 12.6 Å². The summed E-state index contributed by atoms with van der Waals surface area (Å²) in [5, 5.41) is 11.5. The summed E-state index contributed by atoms with van der Waals surface area (Å²) in [5.74, 6) is -2.42. The zero-order valence-corrected chi connectivity index (χ0v) is 11.3. The van der Waals surface area contributed by atoms with Crippen LogP contribution in [0, 0.1) is 5.92 Å². The van der Waals surface area contributed by atoms with Crippen LogP contribution in [0.5, 0.6) is 0 Å². The fourth-order valence-electron chi connectivity index (χ4n) is 1.85. The smallest absolute Gasteiger partial charge is 0.406 e. The molecule has 0 spiro atoms. The highest BCUT2D eigenvalue weighted by Crippen LogP contribution is 2.18. The van der Waals surface area contributed by atoms with Crippen LogP contribution in [-0.4, -0.2) is 41.6 Å². The number of carbonyl (C=O) groups excluding carboxylic acids is 1. The second kappa shape index (κ2) is 6.96. The molecule has 0 bridgehead atoms. The van der Waals surface area contributed by atoms with E-state index in [1.54, 1.807) is 30.3 Å². The Morgan fingerprint density at radius 1 is 1.38 bits per heavy atom. The molecule has 5 nitrogen and oxygen atoms in total. The molecule has 1 rings (SSSR count). The normalized spacial score (nSPS) is 13.8. The molecule has 8 heteroatoms. The van der Waals surface area contributed by atoms with Gasteiger partial charge in [-0.15, -0.1) is 0 Å². The number of amides is 1. The quantitative estimate of drug-likeness (QED) is 0.375. The predicted molar refractivity (Wildman–Crippen MR) is 70.7 cm³/mol. The Morgan fingerprint density at radius 3 is 2.43 bits per heavy atom. The highest BCUT2D eigenvalue weighted by molar-refractivity contribution is 6.02. The third-order valence-electron chi connectivity index (χ3n) is 2.85. The van der Waals surface area contributed by atoms with Crippen LogP contribution in [0.1, 0.15) is 5.56 Å². The number of halogens is 3. The van der Waals surface area contributed by atoms with Gasteiger partial charge in [0, 0.05) is 7.05 Å². The maximum Gasteiger partial charge on any atom is 0.406 e. The van der Waals surface area contributed by atoms with E-state index in [4.69, 9.17) is 10.9 Å². The van der Waals surface area contributed by atoms with E-state index in [1.807, 2.05) is 0 Å². The monoisotopic (exact) mass is 303 g/mol. The third kappa shape index (κ3) is 5.33. The summed E-state index contributed by atoms with van der Waals surface area (Å²) < 4.78 is 37.0. The van der Waals surface area contributed by atoms with E-state index in [1.165, 1.54) is 0 Å². The number of nitrogens with zero attached hydrogens (tertiary/aromatic N) is 2. The molecule has 0 heterocycles. The van der Waals surface area contributed by atoms with Crippen LogP contribution in [0.3, 0.4) is 0 Å². The van der Waals surface area contributed by atoms with Gasteiger partial charge < -0.3 is 15.8 Å². The van der Waals surface area contributed by atoms with Crippen LogP contribution in [0.25, 0.3) is 0 Å². The molecule has 0 fully saturated rings. The van der Waals surface area contributed by atoms with Crippen LogP contribution in [-0.2, 0) is 11.2 Å². The molecule has 3 N–H and O–H groups in total. The number of benzene rings is 1. The SMILES string of the molecule is CN(CC(F)(F)F)C(=O)C(Cc1ccccc1)C(N)=NO. The van der Waals surface area contributed by atoms with Gasteiger partial charge in [-0.25, -0.2) is 0 Å². The number of hydrogen-bond donors (Lipinski definition) is 2. The lowest BCUT2D eigenvalue weighted by molar-refractivity contribution is -0.159. The Balaban J connectivity index is 2.90. The molecule has 0 saturated carbocycles. The lowest BCUT2D eigenvalue weighted by atomic mass is 9.97. The van der Waals surface area contributed by atoms with E-state index in [9.17, 15) is 18.0 Å². The van der Waals surface area contributed by atoms with Gasteiger partial charge >= 0.3 is 6.18 Å². The van der Waals surface area contributed by atoms with Crippen molar-refractivity contribution in [2.75, 3.05) is 13.6 Å². The first-order valence-corrected chi connectivity index (χ1v) is 6.07. The van der Waals surface area contributed by atoms with E-state index < -0.39 is 30.4 Å². The minimum atomic E-state index is -4.51. The first-order chi connectivity index (χ1) is 9.74. The summed E-state index contributed by atoms with van der Waals surface area (Å²) in [5.41, 5.74) is 6.14. The van der Waals surface area contributed by atoms with Crippen molar-refractivity contribution in [3.63, 3.8) is 0 Å². The van der Waals surface area contributed by atoms with Gasteiger partial charge in [-0.2, -0.15) is 13.2 Å². The number of carbonyl (C=O) groups is 1. The van der Waals surface area contributed by atoms with Crippen LogP contribution in [0.4, 0.5) is 13.2 Å². The summed E-state index contributed by atoms with van der Waals surface area (Å²) >= 11 is 0. The first-order valence-electron chi connectivity index (χ1n) is 6.07. The summed E-state index contributed by atoms with van der Waals surface area (Å²) in [6, 6.07) is 8.62. The number of nitrogens with two attached hydrogens (primary N) is 1. The molecule has 116 valence electrons. The number of rotatable bonds is 5. The highest BCUT2D eigenvalue weighted by Gasteiger charge is 2.34. The maximum atomic E-state index is 12.3. The second-order valence-corrected chi connectivity index (χ2v) is 4.58. The highest BCUT2D eigenvalue weighted by atomic mass is 19.4. The van der Waals surface area contributed by atoms with Crippen molar-refractivity contribution in [2.24, 2.45) is 16.8 Å². The van der Waals surface area contributed by atoms with Gasteiger partial charge in [-0.3, -0.25) is 4.79 Å². The molecule has 0 aliphatic rings. The van der Waals surface area contributed by atoms with Crippen molar-refractivity contribution >= 4 is 11.7 Å². The maximum absolute atomic E-state index is 12.3. The van der Waals surface area contributed by atoms with Gasteiger partial charge in [0.1, 0.15) is 12.5 Å². The lowest BCUT2D eigenvalue weighted by Gasteiger charge is -2.24. The van der Waals surface area contributed by atoms with E-state index in [2.05, 4.69) is 5.16 Å². The van der Waals surface area contributed by atoms with Crippen molar-refractivity contribution < 1.29 is 23.2 Å². The molecule has 1 unspecified atom stereocenters. The average molecular weight is 303 g/mol. The zero-order valence-electron chi connectivity index (χ0n) is 11.3. The van der Waals surface area contributed by atoms with Crippen LogP contribution in [0.15, 0.2) is 35.5 Å². The van der Waals surface area contributed by atoms with Crippen LogP contribution >= 0.6 is 0 Å². The Morgan fingerprint density at radius 2 is 1.95 bits per heavy atom. The predicted octanol–water partition coefficient (Wildman–Crippen LogP) is 1.61.